The van der Waals surface area contributed by atoms with Crippen LogP contribution in [0.4, 0.5) is 0 Å². The zero-order valence-corrected chi connectivity index (χ0v) is 14.6. The third-order valence-electron chi connectivity index (χ3n) is 3.49. The quantitative estimate of drug-likeness (QED) is 0.655. The number of hydrogen-bond acceptors (Lipinski definition) is 6. The first kappa shape index (κ1) is 21.3. The summed E-state index contributed by atoms with van der Waals surface area (Å²) in [5, 5.41) is 19.3. The van der Waals surface area contributed by atoms with E-state index >= 15 is 0 Å². The molecule has 25 heavy (non-hydrogen) atoms. The molecule has 1 heterocycles. The second kappa shape index (κ2) is 9.64. The molecule has 0 radical (unpaired) electrons. The zero-order valence-electron chi connectivity index (χ0n) is 13.7. The lowest BCUT2D eigenvalue weighted by Gasteiger charge is -2.33. The van der Waals surface area contributed by atoms with Gasteiger partial charge >= 0.3 is 5.97 Å². The number of rotatable bonds is 5. The van der Waals surface area contributed by atoms with Crippen molar-refractivity contribution in [2.24, 2.45) is 0 Å². The Labute approximate surface area is 146 Å². The largest absolute Gasteiger partial charge is 0.479 e. The molecular formula is C16H22O8S. The summed E-state index contributed by atoms with van der Waals surface area (Å²) in [4.78, 5) is 10.8. The number of benzene rings is 1. The van der Waals surface area contributed by atoms with Gasteiger partial charge in [0, 0.05) is 0 Å². The van der Waals surface area contributed by atoms with Gasteiger partial charge in [-0.2, -0.15) is 8.42 Å². The van der Waals surface area contributed by atoms with Crippen LogP contribution >= 0.6 is 0 Å². The number of ether oxygens (including phenoxy) is 2. The Hall–Kier alpha value is -1.78. The lowest BCUT2D eigenvalue weighted by molar-refractivity contribution is -0.199. The van der Waals surface area contributed by atoms with Crippen molar-refractivity contribution < 1.29 is 37.5 Å². The fraction of sp³-hybridized carbons (Fsp3) is 0.438. The van der Waals surface area contributed by atoms with E-state index in [0.717, 1.165) is 11.0 Å². The smallest absolute Gasteiger partial charge is 0.338 e. The van der Waals surface area contributed by atoms with Gasteiger partial charge in [-0.15, -0.1) is 0 Å². The Kier molecular flexibility index (Phi) is 8.20. The van der Waals surface area contributed by atoms with E-state index in [1.165, 1.54) is 6.08 Å². The van der Waals surface area contributed by atoms with Crippen molar-refractivity contribution in [1.29, 1.82) is 0 Å². The van der Waals surface area contributed by atoms with Gasteiger partial charge in [0.25, 0.3) is 10.1 Å². The molecule has 0 amide bonds. The summed E-state index contributed by atoms with van der Waals surface area (Å²) in [6, 6.07) is 8.86. The van der Waals surface area contributed by atoms with Crippen LogP contribution in [0.1, 0.15) is 18.9 Å². The molecule has 3 N–H and O–H groups in total. The van der Waals surface area contributed by atoms with Gasteiger partial charge in [0.15, 0.2) is 5.60 Å². The molecule has 140 valence electrons. The van der Waals surface area contributed by atoms with Gasteiger partial charge in [0.2, 0.25) is 0 Å². The Balaban J connectivity index is 0.000000251. The van der Waals surface area contributed by atoms with Crippen molar-refractivity contribution in [1.82, 2.24) is 0 Å². The van der Waals surface area contributed by atoms with Gasteiger partial charge in [0.1, 0.15) is 6.10 Å². The third kappa shape index (κ3) is 7.32. The minimum absolute atomic E-state index is 0.107. The molecule has 1 aromatic rings. The molecule has 0 saturated carbocycles. The highest BCUT2D eigenvalue weighted by Gasteiger charge is 2.44. The monoisotopic (exact) mass is 374 g/mol. The summed E-state index contributed by atoms with van der Waals surface area (Å²) < 4.78 is 39.1. The van der Waals surface area contributed by atoms with Crippen LogP contribution < -0.4 is 0 Å². The predicted octanol–water partition coefficient (Wildman–Crippen LogP) is 1.17. The van der Waals surface area contributed by atoms with Crippen LogP contribution in [-0.4, -0.2) is 60.7 Å². The molecule has 0 aliphatic carbocycles. The second-order valence-electron chi connectivity index (χ2n) is 5.25. The summed E-state index contributed by atoms with van der Waals surface area (Å²) in [5.41, 5.74) is -1.09. The third-order valence-corrected chi connectivity index (χ3v) is 3.97. The summed E-state index contributed by atoms with van der Waals surface area (Å²) in [7, 11) is -4.00. The highest BCUT2D eigenvalue weighted by atomic mass is 32.2. The molecule has 0 aromatic heterocycles. The molecular weight excluding hydrogens is 352 g/mol. The maximum absolute atomic E-state index is 10.8. The Morgan fingerprint density at radius 2 is 1.96 bits per heavy atom. The van der Waals surface area contributed by atoms with Gasteiger partial charge in [-0.05, 0) is 18.1 Å². The van der Waals surface area contributed by atoms with Gasteiger partial charge in [-0.1, -0.05) is 37.3 Å². The van der Waals surface area contributed by atoms with Crippen LogP contribution in [0, 0.1) is 0 Å². The highest BCUT2D eigenvalue weighted by molar-refractivity contribution is 7.88. The fourth-order valence-corrected chi connectivity index (χ4v) is 2.34. The first-order valence-corrected chi connectivity index (χ1v) is 9.05. The normalized spacial score (nSPS) is 20.4. The molecule has 1 saturated heterocycles. The van der Waals surface area contributed by atoms with Crippen LogP contribution in [0.5, 0.6) is 0 Å². The fourth-order valence-electron chi connectivity index (χ4n) is 2.01. The molecule has 0 spiro atoms. The molecule has 2 unspecified atom stereocenters. The van der Waals surface area contributed by atoms with E-state index in [-0.39, 0.29) is 13.0 Å². The Morgan fingerprint density at radius 3 is 2.40 bits per heavy atom. The van der Waals surface area contributed by atoms with E-state index in [0.29, 0.717) is 13.2 Å². The van der Waals surface area contributed by atoms with Crippen LogP contribution in [-0.2, 0) is 24.4 Å². The van der Waals surface area contributed by atoms with Crippen molar-refractivity contribution >= 4 is 22.2 Å². The van der Waals surface area contributed by atoms with Crippen molar-refractivity contribution in [3.05, 3.63) is 41.3 Å². The van der Waals surface area contributed by atoms with E-state index in [4.69, 9.17) is 19.1 Å². The maximum Gasteiger partial charge on any atom is 0.338 e. The number of carboxylic acid groups (broad SMARTS) is 1. The molecule has 0 bridgehead atoms. The number of hydrogen-bond donors (Lipinski definition) is 3. The van der Waals surface area contributed by atoms with Crippen molar-refractivity contribution in [2.45, 2.75) is 25.0 Å². The first-order chi connectivity index (χ1) is 11.7. The molecule has 1 aliphatic rings. The van der Waals surface area contributed by atoms with E-state index in [1.54, 1.807) is 31.2 Å². The van der Waals surface area contributed by atoms with Crippen LogP contribution in [0.25, 0.3) is 6.08 Å². The topological polar surface area (TPSA) is 130 Å². The van der Waals surface area contributed by atoms with Crippen LogP contribution in [0.3, 0.4) is 0 Å². The molecule has 1 fully saturated rings. The van der Waals surface area contributed by atoms with Gasteiger partial charge < -0.3 is 19.7 Å². The number of carbonyl (C=O) groups is 1. The van der Waals surface area contributed by atoms with E-state index in [9.17, 15) is 18.3 Å². The Morgan fingerprint density at radius 1 is 1.32 bits per heavy atom. The van der Waals surface area contributed by atoms with E-state index in [2.05, 4.69) is 0 Å². The molecule has 2 rings (SSSR count). The highest BCUT2D eigenvalue weighted by Crippen LogP contribution is 2.21. The SMILES string of the molecule is CCC(O)(C(=O)O)C1COCCO1.O=S(=O)(O)C=Cc1ccccc1. The molecule has 1 aromatic carbocycles. The molecule has 2 atom stereocenters. The van der Waals surface area contributed by atoms with E-state index < -0.39 is 27.8 Å². The van der Waals surface area contributed by atoms with Gasteiger partial charge in [-0.3, -0.25) is 4.55 Å². The average molecular weight is 374 g/mol. The molecule has 1 aliphatic heterocycles. The van der Waals surface area contributed by atoms with Crippen molar-refractivity contribution in [2.75, 3.05) is 19.8 Å². The lowest BCUT2D eigenvalue weighted by atomic mass is 9.94. The van der Waals surface area contributed by atoms with Crippen molar-refractivity contribution in [3.63, 3.8) is 0 Å². The summed E-state index contributed by atoms with van der Waals surface area (Å²) in [5.74, 6) is -1.26. The number of carboxylic acids is 1. The van der Waals surface area contributed by atoms with Crippen LogP contribution in [0.2, 0.25) is 0 Å². The number of aliphatic hydroxyl groups is 1. The zero-order chi connectivity index (χ0) is 18.9. The minimum Gasteiger partial charge on any atom is -0.479 e. The summed E-state index contributed by atoms with van der Waals surface area (Å²) in [6.07, 6.45) is 0.676. The van der Waals surface area contributed by atoms with Gasteiger partial charge in [-0.25, -0.2) is 4.79 Å². The average Bonchev–Trinajstić information content (AvgIpc) is 2.60. The van der Waals surface area contributed by atoms with Crippen molar-refractivity contribution in [3.8, 4) is 0 Å². The lowest BCUT2D eigenvalue weighted by Crippen LogP contribution is -2.54. The van der Waals surface area contributed by atoms with E-state index in [1.807, 2.05) is 6.07 Å². The standard InChI is InChI=1S/C8H14O5.C8H8O3S/c1-2-8(11,7(9)10)6-5-12-3-4-13-6;9-12(10,11)7-6-8-4-2-1-3-5-8/h6,11H,2-5H2,1H3,(H,9,10);1-7H,(H,9,10,11). The summed E-state index contributed by atoms with van der Waals surface area (Å²) >= 11 is 0. The minimum atomic E-state index is -4.00. The maximum atomic E-state index is 10.8. The predicted molar refractivity (Wildman–Crippen MR) is 90.5 cm³/mol. The molecule has 8 nitrogen and oxygen atoms in total. The van der Waals surface area contributed by atoms with Crippen LogP contribution in [0.15, 0.2) is 35.7 Å². The molecule has 9 heteroatoms. The summed E-state index contributed by atoms with van der Waals surface area (Å²) in [6.45, 7) is 2.53. The first-order valence-electron chi connectivity index (χ1n) is 7.54. The van der Waals surface area contributed by atoms with Gasteiger partial charge in [0.05, 0.1) is 25.2 Å². The second-order valence-corrected chi connectivity index (χ2v) is 6.55. The number of aliphatic carboxylic acids is 1. The Bertz CT molecular complexity index is 665.